The Bertz CT molecular complexity index is 577. The number of esters is 1. The molecule has 0 aliphatic heterocycles. The molecule has 0 bridgehead atoms. The Hall–Kier alpha value is -1.13. The topological polar surface area (TPSA) is 39.4 Å². The number of furan rings is 1. The number of aryl methyl sites for hydroxylation is 1. The van der Waals surface area contributed by atoms with Crippen LogP contribution >= 0.6 is 23.4 Å². The van der Waals surface area contributed by atoms with E-state index < -0.39 is 5.97 Å². The molecule has 0 fully saturated rings. The number of halogens is 1. The molecule has 2 aromatic rings. The van der Waals surface area contributed by atoms with Crippen molar-refractivity contribution in [2.75, 3.05) is 18.6 Å². The van der Waals surface area contributed by atoms with Gasteiger partial charge < -0.3 is 9.15 Å². The van der Waals surface area contributed by atoms with E-state index in [0.717, 1.165) is 16.7 Å². The zero-order valence-electron chi connectivity index (χ0n) is 10.2. The number of carbonyl (C=O) groups excluding carboxylic acids is 1. The molecule has 1 aromatic carbocycles. The van der Waals surface area contributed by atoms with Gasteiger partial charge in [-0.3, -0.25) is 0 Å². The highest BCUT2D eigenvalue weighted by Gasteiger charge is 2.18. The second-order valence-electron chi connectivity index (χ2n) is 3.83. The lowest BCUT2D eigenvalue weighted by Crippen LogP contribution is -2.07. The third kappa shape index (κ3) is 2.65. The normalized spacial score (nSPS) is 10.8. The standard InChI is InChI=1S/C13H13ClO3S/c1-8-10-7-9(14)3-4-11(10)17-12(8)13(15)16-5-6-18-2/h3-4,7H,5-6H2,1-2H3. The van der Waals surface area contributed by atoms with E-state index in [2.05, 4.69) is 0 Å². The predicted octanol–water partition coefficient (Wildman–Crippen LogP) is 3.91. The molecule has 96 valence electrons. The molecule has 3 nitrogen and oxygen atoms in total. The lowest BCUT2D eigenvalue weighted by Gasteiger charge is -2.01. The summed E-state index contributed by atoms with van der Waals surface area (Å²) in [6.45, 7) is 2.21. The molecular weight excluding hydrogens is 272 g/mol. The van der Waals surface area contributed by atoms with Crippen LogP contribution in [-0.2, 0) is 4.74 Å². The van der Waals surface area contributed by atoms with Crippen molar-refractivity contribution in [3.63, 3.8) is 0 Å². The van der Waals surface area contributed by atoms with Gasteiger partial charge >= 0.3 is 5.97 Å². The number of ether oxygens (including phenoxy) is 1. The fourth-order valence-corrected chi connectivity index (χ4v) is 2.09. The Kier molecular flexibility index (Phi) is 4.19. The minimum absolute atomic E-state index is 0.258. The number of fused-ring (bicyclic) bond motifs is 1. The summed E-state index contributed by atoms with van der Waals surface area (Å²) in [7, 11) is 0. The molecule has 5 heteroatoms. The summed E-state index contributed by atoms with van der Waals surface area (Å²) >= 11 is 7.55. The van der Waals surface area contributed by atoms with Gasteiger partial charge in [0.15, 0.2) is 0 Å². The van der Waals surface area contributed by atoms with Crippen LogP contribution < -0.4 is 0 Å². The van der Waals surface area contributed by atoms with E-state index in [9.17, 15) is 4.79 Å². The summed E-state index contributed by atoms with van der Waals surface area (Å²) in [5.41, 5.74) is 1.41. The molecule has 0 radical (unpaired) electrons. The molecule has 0 saturated carbocycles. The number of carbonyl (C=O) groups is 1. The van der Waals surface area contributed by atoms with Gasteiger partial charge in [-0.25, -0.2) is 4.79 Å². The number of hydrogen-bond donors (Lipinski definition) is 0. The second kappa shape index (κ2) is 5.67. The fraction of sp³-hybridized carbons (Fsp3) is 0.308. The second-order valence-corrected chi connectivity index (χ2v) is 5.25. The summed E-state index contributed by atoms with van der Waals surface area (Å²) < 4.78 is 10.6. The average molecular weight is 285 g/mol. The van der Waals surface area contributed by atoms with Gasteiger partial charge in [-0.05, 0) is 31.4 Å². The Balaban J connectivity index is 2.28. The first-order valence-electron chi connectivity index (χ1n) is 5.48. The van der Waals surface area contributed by atoms with Crippen molar-refractivity contribution >= 4 is 40.3 Å². The van der Waals surface area contributed by atoms with Crippen molar-refractivity contribution in [2.24, 2.45) is 0 Å². The van der Waals surface area contributed by atoms with E-state index in [1.54, 1.807) is 30.0 Å². The molecule has 1 heterocycles. The zero-order valence-corrected chi connectivity index (χ0v) is 11.7. The average Bonchev–Trinajstić information content (AvgIpc) is 2.67. The molecule has 0 spiro atoms. The molecule has 18 heavy (non-hydrogen) atoms. The SMILES string of the molecule is CSCCOC(=O)c1oc2ccc(Cl)cc2c1C. The van der Waals surface area contributed by atoms with E-state index in [1.165, 1.54) is 0 Å². The molecular formula is C13H13ClO3S. The highest BCUT2D eigenvalue weighted by molar-refractivity contribution is 7.98. The first-order chi connectivity index (χ1) is 8.63. The van der Waals surface area contributed by atoms with Crippen molar-refractivity contribution in [3.05, 3.63) is 34.5 Å². The van der Waals surface area contributed by atoms with Crippen molar-refractivity contribution in [1.82, 2.24) is 0 Å². The van der Waals surface area contributed by atoms with Gasteiger partial charge in [0.25, 0.3) is 0 Å². The van der Waals surface area contributed by atoms with Crippen molar-refractivity contribution in [1.29, 1.82) is 0 Å². The molecule has 0 unspecified atom stereocenters. The smallest absolute Gasteiger partial charge is 0.374 e. The first kappa shape index (κ1) is 13.3. The molecule has 2 rings (SSSR count). The van der Waals surface area contributed by atoms with Gasteiger partial charge in [0.1, 0.15) is 12.2 Å². The van der Waals surface area contributed by atoms with Gasteiger partial charge in [-0.15, -0.1) is 0 Å². The van der Waals surface area contributed by atoms with E-state index in [-0.39, 0.29) is 5.76 Å². The number of benzene rings is 1. The van der Waals surface area contributed by atoms with Gasteiger partial charge in [-0.2, -0.15) is 11.8 Å². The maximum atomic E-state index is 11.8. The summed E-state index contributed by atoms with van der Waals surface area (Å²) in [6.07, 6.45) is 1.96. The molecule has 0 aliphatic rings. The van der Waals surface area contributed by atoms with E-state index in [0.29, 0.717) is 17.2 Å². The third-order valence-corrected chi connectivity index (χ3v) is 3.41. The van der Waals surface area contributed by atoms with Crippen LogP contribution in [0.4, 0.5) is 0 Å². The molecule has 1 aromatic heterocycles. The third-order valence-electron chi connectivity index (χ3n) is 2.60. The van der Waals surface area contributed by atoms with E-state index in [1.807, 2.05) is 13.2 Å². The van der Waals surface area contributed by atoms with Crippen molar-refractivity contribution < 1.29 is 13.9 Å². The summed E-state index contributed by atoms with van der Waals surface area (Å²) in [6, 6.07) is 5.27. The molecule has 0 atom stereocenters. The van der Waals surface area contributed by atoms with Crippen LogP contribution in [0.3, 0.4) is 0 Å². The van der Waals surface area contributed by atoms with Crippen molar-refractivity contribution in [2.45, 2.75) is 6.92 Å². The van der Waals surface area contributed by atoms with Crippen molar-refractivity contribution in [3.8, 4) is 0 Å². The molecule has 0 aliphatic carbocycles. The summed E-state index contributed by atoms with van der Waals surface area (Å²) in [5.74, 6) is 0.610. The van der Waals surface area contributed by atoms with Crippen LogP contribution in [-0.4, -0.2) is 24.6 Å². The quantitative estimate of drug-likeness (QED) is 0.630. The maximum absolute atomic E-state index is 11.8. The minimum Gasteiger partial charge on any atom is -0.459 e. The fourth-order valence-electron chi connectivity index (χ4n) is 1.67. The first-order valence-corrected chi connectivity index (χ1v) is 7.25. The Morgan fingerprint density at radius 1 is 1.50 bits per heavy atom. The lowest BCUT2D eigenvalue weighted by atomic mass is 10.1. The highest BCUT2D eigenvalue weighted by Crippen LogP contribution is 2.28. The predicted molar refractivity (Wildman–Crippen MR) is 74.6 cm³/mol. The van der Waals surface area contributed by atoms with Crippen LogP contribution in [0, 0.1) is 6.92 Å². The summed E-state index contributed by atoms with van der Waals surface area (Å²) in [4.78, 5) is 11.8. The van der Waals surface area contributed by atoms with Gasteiger partial charge in [-0.1, -0.05) is 11.6 Å². The summed E-state index contributed by atoms with van der Waals surface area (Å²) in [5, 5.41) is 1.47. The van der Waals surface area contributed by atoms with E-state index in [4.69, 9.17) is 20.8 Å². The van der Waals surface area contributed by atoms with Crippen LogP contribution in [0.15, 0.2) is 22.6 Å². The number of rotatable bonds is 4. The Morgan fingerprint density at radius 3 is 3.00 bits per heavy atom. The minimum atomic E-state index is -0.422. The van der Waals surface area contributed by atoms with Crippen LogP contribution in [0.5, 0.6) is 0 Å². The van der Waals surface area contributed by atoms with Gasteiger partial charge in [0.05, 0.1) is 0 Å². The van der Waals surface area contributed by atoms with E-state index >= 15 is 0 Å². The monoisotopic (exact) mass is 284 g/mol. The largest absolute Gasteiger partial charge is 0.459 e. The van der Waals surface area contributed by atoms with Crippen LogP contribution in [0.1, 0.15) is 16.1 Å². The zero-order chi connectivity index (χ0) is 13.1. The molecule has 0 saturated heterocycles. The highest BCUT2D eigenvalue weighted by atomic mass is 35.5. The van der Waals surface area contributed by atoms with Crippen LogP contribution in [0.2, 0.25) is 5.02 Å². The maximum Gasteiger partial charge on any atom is 0.374 e. The molecule has 0 N–H and O–H groups in total. The molecule has 0 amide bonds. The van der Waals surface area contributed by atoms with Gasteiger partial charge in [0, 0.05) is 21.7 Å². The lowest BCUT2D eigenvalue weighted by molar-refractivity contribution is 0.0495. The van der Waals surface area contributed by atoms with Crippen LogP contribution in [0.25, 0.3) is 11.0 Å². The number of hydrogen-bond acceptors (Lipinski definition) is 4. The number of thioether (sulfide) groups is 1. The van der Waals surface area contributed by atoms with Gasteiger partial charge in [0.2, 0.25) is 5.76 Å². The Morgan fingerprint density at radius 2 is 2.28 bits per heavy atom. The Labute approximate surface area is 114 Å².